The van der Waals surface area contributed by atoms with Gasteiger partial charge >= 0.3 is 0 Å². The second kappa shape index (κ2) is 2.56. The van der Waals surface area contributed by atoms with E-state index in [2.05, 4.69) is 20.3 Å². The summed E-state index contributed by atoms with van der Waals surface area (Å²) in [6, 6.07) is 0. The van der Waals surface area contributed by atoms with E-state index in [1.807, 2.05) is 0 Å². The minimum atomic E-state index is -0.929. The second-order valence-corrected chi connectivity index (χ2v) is 2.52. The molecule has 1 aromatic rings. The summed E-state index contributed by atoms with van der Waals surface area (Å²) in [7, 11) is 0. The Morgan fingerprint density at radius 3 is 3.15 bits per heavy atom. The molecule has 0 aromatic carbocycles. The molecule has 0 bridgehead atoms. The Labute approximate surface area is 72.3 Å². The van der Waals surface area contributed by atoms with Crippen LogP contribution in [0.4, 0.5) is 17.5 Å². The number of anilines is 2. The minimum absolute atomic E-state index is 0.0134. The monoisotopic (exact) mass is 181 g/mol. The molecule has 0 radical (unpaired) electrons. The number of aliphatic hydroxyl groups is 1. The van der Waals surface area contributed by atoms with Gasteiger partial charge in [-0.25, -0.2) is 4.99 Å². The molecule has 1 aliphatic heterocycles. The molecule has 0 amide bonds. The molecule has 0 aliphatic carbocycles. The number of aliphatic imine (C=N–C) groups is 1. The topological polar surface area (TPSA) is 116 Å². The SMILES string of the molecule is Nc1nc2c(c(=O)[nH]1)N=C[C@@H](O)N2. The molecule has 68 valence electrons. The molecule has 2 rings (SSSR count). The van der Waals surface area contributed by atoms with Crippen molar-refractivity contribution in [2.45, 2.75) is 6.23 Å². The van der Waals surface area contributed by atoms with Crippen molar-refractivity contribution in [3.8, 4) is 0 Å². The summed E-state index contributed by atoms with van der Waals surface area (Å²) in [5.74, 6) is 0.178. The molecular weight excluding hydrogens is 174 g/mol. The molecule has 0 saturated heterocycles. The Hall–Kier alpha value is -1.89. The Bertz CT molecular complexity index is 424. The van der Waals surface area contributed by atoms with Gasteiger partial charge in [0.2, 0.25) is 5.95 Å². The number of nitrogens with one attached hydrogen (secondary N) is 2. The highest BCUT2D eigenvalue weighted by molar-refractivity contribution is 5.79. The third-order valence-corrected chi connectivity index (χ3v) is 1.54. The number of aromatic amines is 1. The van der Waals surface area contributed by atoms with Gasteiger partial charge in [0.1, 0.15) is 0 Å². The van der Waals surface area contributed by atoms with Gasteiger partial charge in [-0.2, -0.15) is 4.98 Å². The average molecular weight is 181 g/mol. The maximum Gasteiger partial charge on any atom is 0.280 e. The maximum atomic E-state index is 11.2. The van der Waals surface area contributed by atoms with Gasteiger partial charge in [-0.3, -0.25) is 9.78 Å². The molecule has 0 spiro atoms. The molecule has 1 aliphatic rings. The molecule has 0 saturated carbocycles. The summed E-state index contributed by atoms with van der Waals surface area (Å²) < 4.78 is 0. The fourth-order valence-corrected chi connectivity index (χ4v) is 1.03. The number of fused-ring (bicyclic) bond motifs is 1. The fraction of sp³-hybridized carbons (Fsp3) is 0.167. The molecule has 2 heterocycles. The number of nitrogen functional groups attached to an aromatic ring is 1. The van der Waals surface area contributed by atoms with E-state index in [1.165, 1.54) is 6.21 Å². The van der Waals surface area contributed by atoms with Gasteiger partial charge in [0.05, 0.1) is 6.21 Å². The van der Waals surface area contributed by atoms with Crippen molar-refractivity contribution in [2.75, 3.05) is 11.1 Å². The van der Waals surface area contributed by atoms with Gasteiger partial charge in [-0.15, -0.1) is 0 Å². The van der Waals surface area contributed by atoms with Crippen LogP contribution in [0.15, 0.2) is 9.79 Å². The van der Waals surface area contributed by atoms with Crippen LogP contribution in [-0.4, -0.2) is 27.5 Å². The number of aromatic nitrogens is 2. The Morgan fingerprint density at radius 1 is 1.62 bits per heavy atom. The number of aliphatic hydroxyl groups excluding tert-OH is 1. The zero-order chi connectivity index (χ0) is 9.42. The van der Waals surface area contributed by atoms with Gasteiger partial charge < -0.3 is 16.2 Å². The highest BCUT2D eigenvalue weighted by Crippen LogP contribution is 2.20. The van der Waals surface area contributed by atoms with E-state index in [4.69, 9.17) is 10.8 Å². The molecule has 0 fully saturated rings. The lowest BCUT2D eigenvalue weighted by atomic mass is 10.4. The van der Waals surface area contributed by atoms with E-state index in [-0.39, 0.29) is 17.5 Å². The van der Waals surface area contributed by atoms with Gasteiger partial charge in [0.15, 0.2) is 17.7 Å². The first kappa shape index (κ1) is 7.74. The van der Waals surface area contributed by atoms with E-state index >= 15 is 0 Å². The van der Waals surface area contributed by atoms with Crippen molar-refractivity contribution in [2.24, 2.45) is 4.99 Å². The van der Waals surface area contributed by atoms with Crippen LogP contribution in [0.2, 0.25) is 0 Å². The summed E-state index contributed by atoms with van der Waals surface area (Å²) in [6.07, 6.45) is 0.274. The van der Waals surface area contributed by atoms with E-state index in [9.17, 15) is 4.79 Å². The highest BCUT2D eigenvalue weighted by atomic mass is 16.3. The number of H-pyrrole nitrogens is 1. The molecule has 0 unspecified atom stereocenters. The largest absolute Gasteiger partial charge is 0.369 e. The number of nitrogens with zero attached hydrogens (tertiary/aromatic N) is 2. The van der Waals surface area contributed by atoms with E-state index in [0.717, 1.165) is 0 Å². The van der Waals surface area contributed by atoms with Crippen LogP contribution in [0.3, 0.4) is 0 Å². The van der Waals surface area contributed by atoms with Gasteiger partial charge in [0, 0.05) is 0 Å². The van der Waals surface area contributed by atoms with E-state index < -0.39 is 11.8 Å². The van der Waals surface area contributed by atoms with E-state index in [0.29, 0.717) is 0 Å². The van der Waals surface area contributed by atoms with E-state index in [1.54, 1.807) is 0 Å². The lowest BCUT2D eigenvalue weighted by Gasteiger charge is -2.14. The first-order chi connectivity index (χ1) is 6.16. The van der Waals surface area contributed by atoms with Crippen LogP contribution in [0.1, 0.15) is 0 Å². The number of hydrogen-bond donors (Lipinski definition) is 4. The smallest absolute Gasteiger partial charge is 0.280 e. The quantitative estimate of drug-likeness (QED) is 0.401. The van der Waals surface area contributed by atoms with Crippen molar-refractivity contribution in [3.05, 3.63) is 10.4 Å². The summed E-state index contributed by atoms with van der Waals surface area (Å²) in [4.78, 5) is 20.9. The summed E-state index contributed by atoms with van der Waals surface area (Å²) in [6.45, 7) is 0. The first-order valence-electron chi connectivity index (χ1n) is 3.55. The highest BCUT2D eigenvalue weighted by Gasteiger charge is 2.15. The minimum Gasteiger partial charge on any atom is -0.369 e. The maximum absolute atomic E-state index is 11.2. The summed E-state index contributed by atoms with van der Waals surface area (Å²) in [5, 5.41) is 11.6. The number of hydrogen-bond acceptors (Lipinski definition) is 6. The van der Waals surface area contributed by atoms with Crippen LogP contribution in [0.5, 0.6) is 0 Å². The van der Waals surface area contributed by atoms with Crippen LogP contribution < -0.4 is 16.6 Å². The van der Waals surface area contributed by atoms with Crippen LogP contribution in [0.25, 0.3) is 0 Å². The molecule has 13 heavy (non-hydrogen) atoms. The van der Waals surface area contributed by atoms with Crippen LogP contribution in [0, 0.1) is 0 Å². The number of rotatable bonds is 0. The molecular formula is C6H7N5O2. The van der Waals surface area contributed by atoms with Crippen molar-refractivity contribution >= 4 is 23.7 Å². The van der Waals surface area contributed by atoms with Crippen molar-refractivity contribution in [3.63, 3.8) is 0 Å². The van der Waals surface area contributed by atoms with Gasteiger partial charge in [-0.05, 0) is 0 Å². The number of nitrogens with two attached hydrogens (primary N) is 1. The molecule has 1 atom stereocenters. The zero-order valence-corrected chi connectivity index (χ0v) is 6.48. The lowest BCUT2D eigenvalue weighted by Crippen LogP contribution is -2.26. The third-order valence-electron chi connectivity index (χ3n) is 1.54. The normalized spacial score (nSPS) is 19.3. The third kappa shape index (κ3) is 1.25. The van der Waals surface area contributed by atoms with Crippen molar-refractivity contribution in [1.82, 2.24) is 9.97 Å². The molecule has 7 heteroatoms. The van der Waals surface area contributed by atoms with Crippen molar-refractivity contribution < 1.29 is 5.11 Å². The predicted molar refractivity (Wildman–Crippen MR) is 47.1 cm³/mol. The Balaban J connectivity index is 2.63. The summed E-state index contributed by atoms with van der Waals surface area (Å²) >= 11 is 0. The first-order valence-corrected chi connectivity index (χ1v) is 3.55. The zero-order valence-electron chi connectivity index (χ0n) is 6.48. The van der Waals surface area contributed by atoms with Crippen LogP contribution >= 0.6 is 0 Å². The summed E-state index contributed by atoms with van der Waals surface area (Å²) in [5.41, 5.74) is 4.98. The predicted octanol–water partition coefficient (Wildman–Crippen LogP) is -1.20. The Morgan fingerprint density at radius 2 is 2.38 bits per heavy atom. The second-order valence-electron chi connectivity index (χ2n) is 2.52. The standard InChI is InChI=1S/C6H7N5O2/c7-6-10-4-3(5(13)11-6)8-1-2(12)9-4/h1-2,12H,(H4,7,9,10,11,13)/t2-/m1/s1. The average Bonchev–Trinajstić information content (AvgIpc) is 2.02. The fourth-order valence-electron chi connectivity index (χ4n) is 1.03. The van der Waals surface area contributed by atoms with Gasteiger partial charge in [-0.1, -0.05) is 0 Å². The van der Waals surface area contributed by atoms with Gasteiger partial charge in [0.25, 0.3) is 5.56 Å². The van der Waals surface area contributed by atoms with Crippen LogP contribution in [-0.2, 0) is 0 Å². The molecule has 5 N–H and O–H groups in total. The molecule has 1 aromatic heterocycles. The Kier molecular flexibility index (Phi) is 1.52. The van der Waals surface area contributed by atoms with Crippen molar-refractivity contribution in [1.29, 1.82) is 0 Å². The molecule has 7 nitrogen and oxygen atoms in total. The lowest BCUT2D eigenvalue weighted by molar-refractivity contribution is 0.273.